The van der Waals surface area contributed by atoms with Crippen molar-refractivity contribution < 1.29 is 0 Å². The summed E-state index contributed by atoms with van der Waals surface area (Å²) in [7, 11) is 0. The number of H-pyrrole nitrogens is 1. The molecule has 0 amide bonds. The number of aromatic amines is 1. The third-order valence-electron chi connectivity index (χ3n) is 2.94. The van der Waals surface area contributed by atoms with E-state index in [-0.39, 0.29) is 0 Å². The van der Waals surface area contributed by atoms with Crippen molar-refractivity contribution in [2.75, 3.05) is 18.4 Å². The Labute approximate surface area is 93.7 Å². The molecule has 0 saturated carbocycles. The van der Waals surface area contributed by atoms with E-state index in [1.54, 1.807) is 6.20 Å². The molecule has 1 unspecified atom stereocenters. The van der Waals surface area contributed by atoms with E-state index in [2.05, 4.69) is 25.6 Å². The lowest BCUT2D eigenvalue weighted by molar-refractivity contribution is 0.632. The summed E-state index contributed by atoms with van der Waals surface area (Å²) < 4.78 is 0. The van der Waals surface area contributed by atoms with E-state index < -0.39 is 0 Å². The van der Waals surface area contributed by atoms with Crippen LogP contribution in [0.3, 0.4) is 0 Å². The summed E-state index contributed by atoms with van der Waals surface area (Å²) in [6.45, 7) is 2.05. The maximum Gasteiger partial charge on any atom is 0.202 e. The van der Waals surface area contributed by atoms with Crippen molar-refractivity contribution in [2.24, 2.45) is 0 Å². The number of aromatic nitrogens is 3. The molecule has 2 aromatic heterocycles. The molecule has 1 saturated heterocycles. The first kappa shape index (κ1) is 9.59. The summed E-state index contributed by atoms with van der Waals surface area (Å²) in [5.74, 6) is 0.808. The van der Waals surface area contributed by atoms with Crippen molar-refractivity contribution in [3.63, 3.8) is 0 Å². The third-order valence-corrected chi connectivity index (χ3v) is 2.94. The molecule has 1 fully saturated rings. The van der Waals surface area contributed by atoms with Crippen molar-refractivity contribution in [2.45, 2.75) is 18.9 Å². The number of anilines is 1. The first-order valence-electron chi connectivity index (χ1n) is 5.70. The summed E-state index contributed by atoms with van der Waals surface area (Å²) in [5, 5.41) is 6.75. The molecule has 5 heteroatoms. The van der Waals surface area contributed by atoms with Crippen LogP contribution in [0, 0.1) is 0 Å². The number of pyridine rings is 1. The van der Waals surface area contributed by atoms with Gasteiger partial charge in [-0.15, -0.1) is 0 Å². The quantitative estimate of drug-likeness (QED) is 0.721. The maximum atomic E-state index is 4.37. The molecule has 0 spiro atoms. The fourth-order valence-corrected chi connectivity index (χ4v) is 2.08. The molecular formula is C11H15N5. The zero-order valence-electron chi connectivity index (χ0n) is 9.03. The van der Waals surface area contributed by atoms with Gasteiger partial charge in [0.1, 0.15) is 0 Å². The van der Waals surface area contributed by atoms with Gasteiger partial charge in [0, 0.05) is 18.8 Å². The van der Waals surface area contributed by atoms with Crippen molar-refractivity contribution in [3.05, 3.63) is 18.3 Å². The molecule has 1 atom stereocenters. The van der Waals surface area contributed by atoms with E-state index in [1.165, 1.54) is 12.8 Å². The fraction of sp³-hybridized carbons (Fsp3) is 0.455. The Morgan fingerprint density at radius 1 is 1.50 bits per heavy atom. The molecule has 16 heavy (non-hydrogen) atoms. The lowest BCUT2D eigenvalue weighted by atomic mass is 10.2. The second-order valence-corrected chi connectivity index (χ2v) is 4.13. The topological polar surface area (TPSA) is 65.6 Å². The molecule has 0 radical (unpaired) electrons. The molecule has 3 rings (SSSR count). The molecule has 0 bridgehead atoms. The van der Waals surface area contributed by atoms with Gasteiger partial charge in [-0.1, -0.05) is 0 Å². The zero-order valence-corrected chi connectivity index (χ0v) is 9.03. The van der Waals surface area contributed by atoms with Crippen LogP contribution < -0.4 is 10.6 Å². The lowest BCUT2D eigenvalue weighted by Crippen LogP contribution is -2.29. The Balaban J connectivity index is 1.69. The molecule has 1 aliphatic heterocycles. The third kappa shape index (κ3) is 1.86. The summed E-state index contributed by atoms with van der Waals surface area (Å²) in [4.78, 5) is 11.8. The van der Waals surface area contributed by atoms with Gasteiger partial charge >= 0.3 is 0 Å². The summed E-state index contributed by atoms with van der Waals surface area (Å²) in [6.07, 6.45) is 4.27. The molecule has 5 nitrogen and oxygen atoms in total. The molecular weight excluding hydrogens is 202 g/mol. The van der Waals surface area contributed by atoms with Crippen LogP contribution in [0.4, 0.5) is 5.95 Å². The van der Waals surface area contributed by atoms with Gasteiger partial charge in [-0.25, -0.2) is 4.98 Å². The van der Waals surface area contributed by atoms with E-state index in [0.717, 1.165) is 30.2 Å². The van der Waals surface area contributed by atoms with E-state index >= 15 is 0 Å². The van der Waals surface area contributed by atoms with Gasteiger partial charge in [0.15, 0.2) is 5.65 Å². The van der Waals surface area contributed by atoms with Crippen LogP contribution in [0.2, 0.25) is 0 Å². The Bertz CT molecular complexity index is 439. The van der Waals surface area contributed by atoms with Crippen LogP contribution in [-0.4, -0.2) is 34.1 Å². The largest absolute Gasteiger partial charge is 0.354 e. The van der Waals surface area contributed by atoms with E-state index in [0.29, 0.717) is 6.04 Å². The minimum Gasteiger partial charge on any atom is -0.354 e. The number of nitrogens with one attached hydrogen (secondary N) is 3. The van der Waals surface area contributed by atoms with Gasteiger partial charge in [-0.2, -0.15) is 4.98 Å². The monoisotopic (exact) mass is 217 g/mol. The number of nitrogens with zero attached hydrogens (tertiary/aromatic N) is 2. The number of rotatable bonds is 3. The average molecular weight is 217 g/mol. The van der Waals surface area contributed by atoms with Crippen molar-refractivity contribution in [1.29, 1.82) is 0 Å². The predicted molar refractivity (Wildman–Crippen MR) is 63.4 cm³/mol. The molecule has 0 aliphatic carbocycles. The van der Waals surface area contributed by atoms with Gasteiger partial charge in [-0.05, 0) is 31.5 Å². The standard InChI is InChI=1S/C11H15N5/c1-3-8(12-5-1)7-14-11-15-9-4-2-6-13-10(9)16-11/h2,4,6,8,12H,1,3,5,7H2,(H2,13,14,15,16). The van der Waals surface area contributed by atoms with Crippen LogP contribution in [0.25, 0.3) is 11.2 Å². The van der Waals surface area contributed by atoms with Crippen LogP contribution in [0.1, 0.15) is 12.8 Å². The first-order valence-corrected chi connectivity index (χ1v) is 5.70. The Morgan fingerprint density at radius 3 is 3.31 bits per heavy atom. The molecule has 1 aliphatic rings. The Hall–Kier alpha value is -1.62. The van der Waals surface area contributed by atoms with E-state index in [4.69, 9.17) is 0 Å². The summed E-state index contributed by atoms with van der Waals surface area (Å²) in [6, 6.07) is 4.46. The highest BCUT2D eigenvalue weighted by molar-refractivity contribution is 5.72. The van der Waals surface area contributed by atoms with Crippen LogP contribution in [0.15, 0.2) is 18.3 Å². The van der Waals surface area contributed by atoms with Gasteiger partial charge in [-0.3, -0.25) is 0 Å². The van der Waals surface area contributed by atoms with Gasteiger partial charge < -0.3 is 15.6 Å². The minimum atomic E-state index is 0.571. The number of hydrogen-bond donors (Lipinski definition) is 3. The predicted octanol–water partition coefficient (Wildman–Crippen LogP) is 1.12. The number of imidazole rings is 1. The van der Waals surface area contributed by atoms with Crippen molar-refractivity contribution >= 4 is 17.1 Å². The van der Waals surface area contributed by atoms with Gasteiger partial charge in [0.05, 0.1) is 5.52 Å². The van der Waals surface area contributed by atoms with Crippen LogP contribution in [0.5, 0.6) is 0 Å². The highest BCUT2D eigenvalue weighted by Crippen LogP contribution is 2.11. The number of fused-ring (bicyclic) bond motifs is 1. The van der Waals surface area contributed by atoms with Crippen LogP contribution in [-0.2, 0) is 0 Å². The van der Waals surface area contributed by atoms with E-state index in [1.807, 2.05) is 12.1 Å². The summed E-state index contributed by atoms with van der Waals surface area (Å²) in [5.41, 5.74) is 1.74. The van der Waals surface area contributed by atoms with Crippen molar-refractivity contribution in [3.8, 4) is 0 Å². The van der Waals surface area contributed by atoms with Gasteiger partial charge in [0.25, 0.3) is 0 Å². The highest BCUT2D eigenvalue weighted by Gasteiger charge is 2.13. The smallest absolute Gasteiger partial charge is 0.202 e. The lowest BCUT2D eigenvalue weighted by Gasteiger charge is -2.09. The molecule has 2 aromatic rings. The Morgan fingerprint density at radius 2 is 2.50 bits per heavy atom. The SMILES string of the molecule is c1cnc2nc(NCC3CCCN3)[nH]c2c1. The van der Waals surface area contributed by atoms with Crippen molar-refractivity contribution in [1.82, 2.24) is 20.3 Å². The fourth-order valence-electron chi connectivity index (χ4n) is 2.08. The molecule has 3 N–H and O–H groups in total. The molecule has 0 aromatic carbocycles. The molecule has 84 valence electrons. The average Bonchev–Trinajstić information content (AvgIpc) is 2.95. The second kappa shape index (κ2) is 4.09. The highest BCUT2D eigenvalue weighted by atomic mass is 15.2. The van der Waals surface area contributed by atoms with Gasteiger partial charge in [0.2, 0.25) is 5.95 Å². The summed E-state index contributed by atoms with van der Waals surface area (Å²) >= 11 is 0. The maximum absolute atomic E-state index is 4.37. The van der Waals surface area contributed by atoms with Crippen LogP contribution >= 0.6 is 0 Å². The Kier molecular flexibility index (Phi) is 2.46. The normalized spacial score (nSPS) is 20.4. The minimum absolute atomic E-state index is 0.571. The van der Waals surface area contributed by atoms with E-state index in [9.17, 15) is 0 Å². The number of hydrogen-bond acceptors (Lipinski definition) is 4. The zero-order chi connectivity index (χ0) is 10.8. The molecule has 3 heterocycles. The second-order valence-electron chi connectivity index (χ2n) is 4.13. The first-order chi connectivity index (χ1) is 7.92.